The van der Waals surface area contributed by atoms with E-state index in [1.54, 1.807) is 6.20 Å². The number of hydrogen-bond donors (Lipinski definition) is 2. The number of aromatic amines is 1. The van der Waals surface area contributed by atoms with E-state index in [9.17, 15) is 4.39 Å². The van der Waals surface area contributed by atoms with Gasteiger partial charge in [0.1, 0.15) is 16.9 Å². The second-order valence-corrected chi connectivity index (χ2v) is 5.08. The Morgan fingerprint density at radius 1 is 1.22 bits per heavy atom. The summed E-state index contributed by atoms with van der Waals surface area (Å²) in [6.45, 7) is 8.37. The Balaban J connectivity index is 0.000000924. The number of aryl methyl sites for hydroxylation is 2. The van der Waals surface area contributed by atoms with E-state index < -0.39 is 0 Å². The number of rotatable bonds is 3. The summed E-state index contributed by atoms with van der Waals surface area (Å²) in [7, 11) is 1.83. The van der Waals surface area contributed by atoms with E-state index in [2.05, 4.69) is 25.5 Å². The highest BCUT2D eigenvalue weighted by Gasteiger charge is 2.15. The Morgan fingerprint density at radius 3 is 2.61 bits per heavy atom. The Labute approximate surface area is 135 Å². The van der Waals surface area contributed by atoms with Gasteiger partial charge in [-0.25, -0.2) is 14.4 Å². The minimum atomic E-state index is -0.305. The number of halogens is 1. The quantitative estimate of drug-likeness (QED) is 0.776. The fourth-order valence-corrected chi connectivity index (χ4v) is 2.46. The van der Waals surface area contributed by atoms with Gasteiger partial charge in [-0.05, 0) is 38.1 Å². The van der Waals surface area contributed by atoms with E-state index in [-0.39, 0.29) is 5.82 Å². The summed E-state index contributed by atoms with van der Waals surface area (Å²) in [6, 6.07) is 3.47. The maximum atomic E-state index is 14.4. The lowest BCUT2D eigenvalue weighted by Crippen LogP contribution is -2.06. The number of benzene rings is 1. The van der Waals surface area contributed by atoms with Gasteiger partial charge in [-0.1, -0.05) is 19.9 Å². The molecule has 0 bridgehead atoms. The van der Waals surface area contributed by atoms with Crippen LogP contribution in [0, 0.1) is 19.7 Å². The highest BCUT2D eigenvalue weighted by atomic mass is 19.1. The number of aromatic nitrogens is 4. The van der Waals surface area contributed by atoms with Crippen LogP contribution in [0.4, 0.5) is 4.39 Å². The van der Waals surface area contributed by atoms with E-state index in [0.29, 0.717) is 23.4 Å². The Hall–Kier alpha value is -2.34. The zero-order chi connectivity index (χ0) is 17.0. The van der Waals surface area contributed by atoms with Gasteiger partial charge >= 0.3 is 0 Å². The van der Waals surface area contributed by atoms with Gasteiger partial charge in [-0.2, -0.15) is 5.10 Å². The van der Waals surface area contributed by atoms with E-state index in [4.69, 9.17) is 0 Å². The van der Waals surface area contributed by atoms with Crippen LogP contribution in [0.1, 0.15) is 30.7 Å². The largest absolute Gasteiger partial charge is 0.316 e. The minimum absolute atomic E-state index is 0.305. The van der Waals surface area contributed by atoms with Gasteiger partial charge in [-0.3, -0.25) is 5.10 Å². The minimum Gasteiger partial charge on any atom is -0.316 e. The van der Waals surface area contributed by atoms with Crippen molar-refractivity contribution >= 4 is 11.0 Å². The van der Waals surface area contributed by atoms with Gasteiger partial charge in [0.15, 0.2) is 5.82 Å². The van der Waals surface area contributed by atoms with Crippen LogP contribution in [0.3, 0.4) is 0 Å². The van der Waals surface area contributed by atoms with Gasteiger partial charge in [-0.15, -0.1) is 0 Å². The highest BCUT2D eigenvalue weighted by molar-refractivity contribution is 5.78. The summed E-state index contributed by atoms with van der Waals surface area (Å²) in [5.74, 6) is 0.0822. The number of fused-ring (bicyclic) bond motifs is 1. The first-order valence-corrected chi connectivity index (χ1v) is 7.72. The molecular weight excluding hydrogens is 293 g/mol. The number of nitrogens with one attached hydrogen (secondary N) is 2. The first-order valence-electron chi connectivity index (χ1n) is 7.72. The smallest absolute Gasteiger partial charge is 0.163 e. The molecule has 1 aromatic carbocycles. The van der Waals surface area contributed by atoms with Crippen LogP contribution in [0.5, 0.6) is 0 Å². The molecule has 0 aliphatic heterocycles. The molecule has 2 aromatic heterocycles. The standard InChI is InChI=1S/C15H16FN5.C2H6/c1-8-4-10(6-17-3)5-11(16)13(8)15-18-7-12-14(19-15)9(2)20-21-12;1-2/h4-5,7,17H,6H2,1-3H3,(H,20,21);1-2H3. The van der Waals surface area contributed by atoms with E-state index in [0.717, 1.165) is 22.3 Å². The molecule has 3 aromatic rings. The lowest BCUT2D eigenvalue weighted by atomic mass is 10.0. The van der Waals surface area contributed by atoms with Crippen molar-refractivity contribution in [3.63, 3.8) is 0 Å². The number of H-pyrrole nitrogens is 1. The number of nitrogens with zero attached hydrogens (tertiary/aromatic N) is 3. The van der Waals surface area contributed by atoms with Gasteiger partial charge in [0.05, 0.1) is 17.5 Å². The van der Waals surface area contributed by atoms with Gasteiger partial charge in [0, 0.05) is 6.54 Å². The van der Waals surface area contributed by atoms with E-state index in [1.165, 1.54) is 6.07 Å². The second-order valence-electron chi connectivity index (χ2n) is 5.08. The first kappa shape index (κ1) is 17.0. The predicted octanol–water partition coefficient (Wildman–Crippen LogP) is 3.52. The summed E-state index contributed by atoms with van der Waals surface area (Å²) >= 11 is 0. The van der Waals surface area contributed by atoms with Gasteiger partial charge in [0.2, 0.25) is 0 Å². The molecule has 0 aliphatic rings. The third-order valence-electron chi connectivity index (χ3n) is 3.42. The average Bonchev–Trinajstić information content (AvgIpc) is 2.90. The van der Waals surface area contributed by atoms with Crippen molar-refractivity contribution in [3.05, 3.63) is 41.0 Å². The molecule has 0 aliphatic carbocycles. The van der Waals surface area contributed by atoms with Gasteiger partial charge in [0.25, 0.3) is 0 Å². The summed E-state index contributed by atoms with van der Waals surface area (Å²) in [4.78, 5) is 8.68. The molecule has 23 heavy (non-hydrogen) atoms. The molecule has 0 unspecified atom stereocenters. The molecule has 2 heterocycles. The summed E-state index contributed by atoms with van der Waals surface area (Å²) in [5.41, 5.74) is 4.41. The van der Waals surface area contributed by atoms with E-state index in [1.807, 2.05) is 40.8 Å². The van der Waals surface area contributed by atoms with Crippen LogP contribution >= 0.6 is 0 Å². The van der Waals surface area contributed by atoms with E-state index >= 15 is 0 Å². The average molecular weight is 315 g/mol. The molecule has 3 rings (SSSR count). The Kier molecular flexibility index (Phi) is 5.39. The van der Waals surface area contributed by atoms with Crippen molar-refractivity contribution in [1.29, 1.82) is 0 Å². The Bertz CT molecular complexity index is 787. The highest BCUT2D eigenvalue weighted by Crippen LogP contribution is 2.26. The lowest BCUT2D eigenvalue weighted by molar-refractivity contribution is 0.625. The van der Waals surface area contributed by atoms with Crippen molar-refractivity contribution in [2.45, 2.75) is 34.2 Å². The molecule has 5 nitrogen and oxygen atoms in total. The zero-order valence-corrected chi connectivity index (χ0v) is 14.2. The Morgan fingerprint density at radius 2 is 1.96 bits per heavy atom. The van der Waals surface area contributed by atoms with Crippen molar-refractivity contribution in [2.24, 2.45) is 0 Å². The lowest BCUT2D eigenvalue weighted by Gasteiger charge is -2.09. The summed E-state index contributed by atoms with van der Waals surface area (Å²) in [6.07, 6.45) is 1.61. The van der Waals surface area contributed by atoms with Crippen molar-refractivity contribution in [2.75, 3.05) is 7.05 Å². The third-order valence-corrected chi connectivity index (χ3v) is 3.42. The predicted molar refractivity (Wildman–Crippen MR) is 90.7 cm³/mol. The zero-order valence-electron chi connectivity index (χ0n) is 14.2. The SMILES string of the molecule is CC.CNCc1cc(C)c(-c2ncc3n[nH]c(C)c3n2)c(F)c1. The molecule has 6 heteroatoms. The van der Waals surface area contributed by atoms with Crippen LogP contribution in [0.25, 0.3) is 22.4 Å². The van der Waals surface area contributed by atoms with Crippen molar-refractivity contribution < 1.29 is 4.39 Å². The molecule has 0 spiro atoms. The van der Waals surface area contributed by atoms with Crippen LogP contribution in [-0.2, 0) is 6.54 Å². The molecule has 0 saturated carbocycles. The first-order chi connectivity index (χ1) is 11.1. The molecule has 122 valence electrons. The summed E-state index contributed by atoms with van der Waals surface area (Å²) in [5, 5.41) is 9.96. The number of hydrogen-bond acceptors (Lipinski definition) is 4. The second kappa shape index (κ2) is 7.28. The monoisotopic (exact) mass is 315 g/mol. The normalized spacial score (nSPS) is 10.5. The maximum absolute atomic E-state index is 14.4. The summed E-state index contributed by atoms with van der Waals surface area (Å²) < 4.78 is 14.4. The molecule has 0 saturated heterocycles. The molecule has 0 amide bonds. The van der Waals surface area contributed by atoms with Crippen molar-refractivity contribution in [3.8, 4) is 11.4 Å². The molecule has 0 atom stereocenters. The van der Waals surface area contributed by atoms with Crippen molar-refractivity contribution in [1.82, 2.24) is 25.5 Å². The van der Waals surface area contributed by atoms with Gasteiger partial charge < -0.3 is 5.32 Å². The topological polar surface area (TPSA) is 66.5 Å². The van der Waals surface area contributed by atoms with Crippen LogP contribution in [0.15, 0.2) is 18.3 Å². The molecule has 2 N–H and O–H groups in total. The third kappa shape index (κ3) is 3.37. The fourth-order valence-electron chi connectivity index (χ4n) is 2.46. The molecule has 0 fully saturated rings. The maximum Gasteiger partial charge on any atom is 0.163 e. The van der Waals surface area contributed by atoms with Crippen LogP contribution in [0.2, 0.25) is 0 Å². The molecule has 0 radical (unpaired) electrons. The molecular formula is C17H22FN5. The van der Waals surface area contributed by atoms with Crippen LogP contribution in [-0.4, -0.2) is 27.2 Å². The fraction of sp³-hybridized carbons (Fsp3) is 0.353. The van der Waals surface area contributed by atoms with Crippen LogP contribution < -0.4 is 5.32 Å².